The van der Waals surface area contributed by atoms with Crippen LogP contribution >= 0.6 is 0 Å². The minimum absolute atomic E-state index is 0.0244. The van der Waals surface area contributed by atoms with E-state index in [9.17, 15) is 4.79 Å². The molecule has 1 aliphatic heterocycles. The fourth-order valence-corrected chi connectivity index (χ4v) is 2.41. The molecule has 1 aromatic carbocycles. The van der Waals surface area contributed by atoms with Crippen LogP contribution in [-0.2, 0) is 9.53 Å². The van der Waals surface area contributed by atoms with Crippen LogP contribution in [0.5, 0.6) is 0 Å². The van der Waals surface area contributed by atoms with Crippen molar-refractivity contribution >= 4 is 5.91 Å². The Morgan fingerprint density at radius 2 is 2.00 bits per heavy atom. The Hall–Kier alpha value is -1.35. The van der Waals surface area contributed by atoms with Gasteiger partial charge in [-0.1, -0.05) is 51.1 Å². The molecule has 19 heavy (non-hydrogen) atoms. The molecule has 1 atom stereocenters. The molecule has 1 heterocycles. The average molecular weight is 261 g/mol. The summed E-state index contributed by atoms with van der Waals surface area (Å²) >= 11 is 0. The maximum absolute atomic E-state index is 12.5. The van der Waals surface area contributed by atoms with Gasteiger partial charge in [0.2, 0.25) is 5.91 Å². The van der Waals surface area contributed by atoms with Gasteiger partial charge in [0.15, 0.2) is 0 Å². The van der Waals surface area contributed by atoms with Gasteiger partial charge in [0, 0.05) is 13.0 Å². The molecule has 0 aromatic heterocycles. The van der Waals surface area contributed by atoms with Crippen molar-refractivity contribution in [1.82, 2.24) is 4.90 Å². The second kappa shape index (κ2) is 5.74. The number of carbonyl (C=O) groups is 1. The number of hydrogen-bond donors (Lipinski definition) is 0. The topological polar surface area (TPSA) is 29.5 Å². The molecule has 0 spiro atoms. The van der Waals surface area contributed by atoms with E-state index in [0.29, 0.717) is 26.2 Å². The van der Waals surface area contributed by atoms with Crippen molar-refractivity contribution in [2.75, 3.05) is 19.8 Å². The Kier molecular flexibility index (Phi) is 4.25. The van der Waals surface area contributed by atoms with Crippen LogP contribution in [0.3, 0.4) is 0 Å². The summed E-state index contributed by atoms with van der Waals surface area (Å²) in [6.45, 7) is 8.22. The molecule has 0 radical (unpaired) electrons. The highest BCUT2D eigenvalue weighted by atomic mass is 16.5. The molecule has 0 aliphatic carbocycles. The summed E-state index contributed by atoms with van der Waals surface area (Å²) in [6.07, 6.45) is 0.580. The van der Waals surface area contributed by atoms with Crippen LogP contribution in [0.15, 0.2) is 30.3 Å². The van der Waals surface area contributed by atoms with Crippen LogP contribution in [0.2, 0.25) is 0 Å². The summed E-state index contributed by atoms with van der Waals surface area (Å²) in [7, 11) is 0. The Morgan fingerprint density at radius 1 is 1.32 bits per heavy atom. The molecular weight excluding hydrogens is 238 g/mol. The van der Waals surface area contributed by atoms with Crippen molar-refractivity contribution in [3.05, 3.63) is 35.9 Å². The lowest BCUT2D eigenvalue weighted by atomic mass is 9.91. The minimum Gasteiger partial charge on any atom is -0.377 e. The predicted octanol–water partition coefficient (Wildman–Crippen LogP) is 3.02. The van der Waals surface area contributed by atoms with E-state index in [1.54, 1.807) is 0 Å². The highest BCUT2D eigenvalue weighted by Crippen LogP contribution is 2.28. The zero-order chi connectivity index (χ0) is 13.9. The van der Waals surface area contributed by atoms with E-state index in [4.69, 9.17) is 4.74 Å². The van der Waals surface area contributed by atoms with Crippen LogP contribution in [0, 0.1) is 5.41 Å². The van der Waals surface area contributed by atoms with E-state index < -0.39 is 0 Å². The molecule has 3 nitrogen and oxygen atoms in total. The van der Waals surface area contributed by atoms with Crippen LogP contribution in [0.25, 0.3) is 0 Å². The zero-order valence-electron chi connectivity index (χ0n) is 12.1. The Labute approximate surface area is 115 Å². The van der Waals surface area contributed by atoms with E-state index in [-0.39, 0.29) is 17.4 Å². The van der Waals surface area contributed by atoms with Crippen molar-refractivity contribution in [3.8, 4) is 0 Å². The van der Waals surface area contributed by atoms with E-state index >= 15 is 0 Å². The van der Waals surface area contributed by atoms with Gasteiger partial charge in [0.1, 0.15) is 0 Å². The Balaban J connectivity index is 2.15. The highest BCUT2D eigenvalue weighted by molar-refractivity contribution is 5.77. The van der Waals surface area contributed by atoms with Crippen LogP contribution in [-0.4, -0.2) is 30.6 Å². The molecule has 0 saturated carbocycles. The SMILES string of the molecule is CC(C)(C)CC(=O)N1CCOCC1c1ccccc1. The van der Waals surface area contributed by atoms with E-state index in [1.807, 2.05) is 23.1 Å². The summed E-state index contributed by atoms with van der Waals surface area (Å²) < 4.78 is 5.55. The van der Waals surface area contributed by atoms with Gasteiger partial charge in [-0.25, -0.2) is 0 Å². The van der Waals surface area contributed by atoms with E-state index in [1.165, 1.54) is 0 Å². The molecule has 1 unspecified atom stereocenters. The number of hydrogen-bond acceptors (Lipinski definition) is 2. The van der Waals surface area contributed by atoms with Crippen molar-refractivity contribution in [1.29, 1.82) is 0 Å². The van der Waals surface area contributed by atoms with Crippen molar-refractivity contribution in [2.24, 2.45) is 5.41 Å². The Bertz CT molecular complexity index is 422. The largest absolute Gasteiger partial charge is 0.377 e. The highest BCUT2D eigenvalue weighted by Gasteiger charge is 2.30. The summed E-state index contributed by atoms with van der Waals surface area (Å²) in [6, 6.07) is 10.2. The quantitative estimate of drug-likeness (QED) is 0.819. The monoisotopic (exact) mass is 261 g/mol. The van der Waals surface area contributed by atoms with E-state index in [2.05, 4.69) is 32.9 Å². The number of ether oxygens (including phenoxy) is 1. The number of benzene rings is 1. The smallest absolute Gasteiger partial charge is 0.223 e. The fourth-order valence-electron chi connectivity index (χ4n) is 2.41. The van der Waals surface area contributed by atoms with Gasteiger partial charge in [-0.15, -0.1) is 0 Å². The molecule has 1 saturated heterocycles. The van der Waals surface area contributed by atoms with Crippen molar-refractivity contribution in [3.63, 3.8) is 0 Å². The number of rotatable bonds is 2. The van der Waals surface area contributed by atoms with Crippen LogP contribution < -0.4 is 0 Å². The van der Waals surface area contributed by atoms with Crippen LogP contribution in [0.1, 0.15) is 38.8 Å². The first-order valence-electron chi connectivity index (χ1n) is 6.89. The Morgan fingerprint density at radius 3 is 2.63 bits per heavy atom. The van der Waals surface area contributed by atoms with Gasteiger partial charge in [0.25, 0.3) is 0 Å². The fraction of sp³-hybridized carbons (Fsp3) is 0.562. The first kappa shape index (κ1) is 14.1. The molecule has 0 bridgehead atoms. The maximum Gasteiger partial charge on any atom is 0.223 e. The summed E-state index contributed by atoms with van der Waals surface area (Å²) in [4.78, 5) is 14.4. The standard InChI is InChI=1S/C16H23NO2/c1-16(2,3)11-15(18)17-9-10-19-12-14(17)13-7-5-4-6-8-13/h4-8,14H,9-12H2,1-3H3. The first-order valence-corrected chi connectivity index (χ1v) is 6.89. The molecule has 2 rings (SSSR count). The van der Waals surface area contributed by atoms with Gasteiger partial charge in [0.05, 0.1) is 19.3 Å². The molecule has 0 N–H and O–H groups in total. The third-order valence-electron chi connectivity index (χ3n) is 3.31. The second-order valence-corrected chi connectivity index (χ2v) is 6.33. The molecule has 1 aromatic rings. The van der Waals surface area contributed by atoms with Crippen molar-refractivity contribution < 1.29 is 9.53 Å². The van der Waals surface area contributed by atoms with E-state index in [0.717, 1.165) is 5.56 Å². The average Bonchev–Trinajstić information content (AvgIpc) is 2.38. The number of carbonyl (C=O) groups excluding carboxylic acids is 1. The number of amides is 1. The first-order chi connectivity index (χ1) is 8.97. The van der Waals surface area contributed by atoms with Gasteiger partial charge in [-0.3, -0.25) is 4.79 Å². The number of morpholine rings is 1. The molecule has 1 aliphatic rings. The molecule has 1 fully saturated rings. The maximum atomic E-state index is 12.5. The lowest BCUT2D eigenvalue weighted by Crippen LogP contribution is -2.44. The summed E-state index contributed by atoms with van der Waals surface area (Å²) in [5.74, 6) is 0.227. The zero-order valence-corrected chi connectivity index (χ0v) is 12.1. The minimum atomic E-state index is 0.0244. The lowest BCUT2D eigenvalue weighted by molar-refractivity contribution is -0.142. The second-order valence-electron chi connectivity index (χ2n) is 6.33. The van der Waals surface area contributed by atoms with Crippen LogP contribution in [0.4, 0.5) is 0 Å². The van der Waals surface area contributed by atoms with Gasteiger partial charge >= 0.3 is 0 Å². The van der Waals surface area contributed by atoms with Gasteiger partial charge < -0.3 is 9.64 Å². The van der Waals surface area contributed by atoms with Crippen molar-refractivity contribution in [2.45, 2.75) is 33.2 Å². The number of nitrogens with zero attached hydrogens (tertiary/aromatic N) is 1. The lowest BCUT2D eigenvalue weighted by Gasteiger charge is -2.37. The normalized spacial score (nSPS) is 20.4. The molecule has 1 amide bonds. The molecule has 104 valence electrons. The molecular formula is C16H23NO2. The summed E-state index contributed by atoms with van der Waals surface area (Å²) in [5.41, 5.74) is 1.18. The third kappa shape index (κ3) is 3.80. The molecule has 3 heteroatoms. The summed E-state index contributed by atoms with van der Waals surface area (Å²) in [5, 5.41) is 0. The van der Waals surface area contributed by atoms with Gasteiger partial charge in [-0.2, -0.15) is 0 Å². The third-order valence-corrected chi connectivity index (χ3v) is 3.31. The predicted molar refractivity (Wildman–Crippen MR) is 75.8 cm³/mol. The van der Waals surface area contributed by atoms with Gasteiger partial charge in [-0.05, 0) is 11.0 Å².